The van der Waals surface area contributed by atoms with E-state index in [-0.39, 0.29) is 11.4 Å². The fraction of sp³-hybridized carbons (Fsp3) is 0.0714. The molecule has 0 amide bonds. The minimum atomic E-state index is -0.509. The van der Waals surface area contributed by atoms with Gasteiger partial charge in [0.05, 0.1) is 30.1 Å². The summed E-state index contributed by atoms with van der Waals surface area (Å²) in [6.45, 7) is 0. The molecular weight excluding hydrogens is 245 g/mol. The van der Waals surface area contributed by atoms with Gasteiger partial charge in [-0.3, -0.25) is 0 Å². The summed E-state index contributed by atoms with van der Waals surface area (Å²) in [7, 11) is 1.39. The molecule has 4 nitrogen and oxygen atoms in total. The van der Waals surface area contributed by atoms with Crippen molar-refractivity contribution in [3.8, 4) is 11.8 Å². The van der Waals surface area contributed by atoms with E-state index in [9.17, 15) is 4.39 Å². The van der Waals surface area contributed by atoms with Gasteiger partial charge in [-0.1, -0.05) is 0 Å². The average molecular weight is 257 g/mol. The largest absolute Gasteiger partial charge is 0.494 e. The monoisotopic (exact) mass is 257 g/mol. The van der Waals surface area contributed by atoms with E-state index >= 15 is 0 Å². The lowest BCUT2D eigenvalue weighted by atomic mass is 10.2. The molecule has 0 atom stereocenters. The normalized spacial score (nSPS) is 9.74. The summed E-state index contributed by atoms with van der Waals surface area (Å²) >= 11 is 0. The predicted molar refractivity (Wildman–Crippen MR) is 71.8 cm³/mol. The number of nitriles is 1. The molecule has 0 radical (unpaired) electrons. The summed E-state index contributed by atoms with van der Waals surface area (Å²) in [5, 5.41) is 11.8. The minimum absolute atomic E-state index is 0.116. The molecule has 0 fully saturated rings. The molecule has 2 aromatic rings. The fourth-order valence-corrected chi connectivity index (χ4v) is 1.62. The number of hydrogen-bond acceptors (Lipinski definition) is 4. The van der Waals surface area contributed by atoms with Crippen molar-refractivity contribution < 1.29 is 9.13 Å². The van der Waals surface area contributed by atoms with Crippen molar-refractivity contribution in [3.63, 3.8) is 0 Å². The van der Waals surface area contributed by atoms with Crippen LogP contribution < -0.4 is 15.8 Å². The van der Waals surface area contributed by atoms with Gasteiger partial charge in [0.25, 0.3) is 0 Å². The fourth-order valence-electron chi connectivity index (χ4n) is 1.62. The summed E-state index contributed by atoms with van der Waals surface area (Å²) in [4.78, 5) is 0. The molecule has 0 heterocycles. The van der Waals surface area contributed by atoms with Gasteiger partial charge in [0, 0.05) is 17.8 Å². The van der Waals surface area contributed by atoms with Gasteiger partial charge in [-0.15, -0.1) is 0 Å². The van der Waals surface area contributed by atoms with Crippen molar-refractivity contribution in [3.05, 3.63) is 47.8 Å². The van der Waals surface area contributed by atoms with Gasteiger partial charge in [-0.25, -0.2) is 4.39 Å². The van der Waals surface area contributed by atoms with Crippen molar-refractivity contribution in [1.82, 2.24) is 0 Å². The number of nitrogens with two attached hydrogens (primary N) is 1. The molecule has 0 saturated carbocycles. The van der Waals surface area contributed by atoms with Crippen LogP contribution in [0, 0.1) is 17.1 Å². The van der Waals surface area contributed by atoms with Crippen LogP contribution in [0.4, 0.5) is 21.5 Å². The molecule has 0 aliphatic rings. The summed E-state index contributed by atoms with van der Waals surface area (Å²) in [5.74, 6) is -0.393. The van der Waals surface area contributed by atoms with Crippen molar-refractivity contribution >= 4 is 17.1 Å². The second-order valence-electron chi connectivity index (χ2n) is 3.89. The van der Waals surface area contributed by atoms with Crippen molar-refractivity contribution in [2.24, 2.45) is 0 Å². The summed E-state index contributed by atoms with van der Waals surface area (Å²) in [6.07, 6.45) is 0. The maximum absolute atomic E-state index is 13.4. The Bertz CT molecular complexity index is 632. The molecule has 2 rings (SSSR count). The Morgan fingerprint density at radius 1 is 1.26 bits per heavy atom. The third-order valence-corrected chi connectivity index (χ3v) is 2.62. The highest BCUT2D eigenvalue weighted by Gasteiger charge is 2.08. The van der Waals surface area contributed by atoms with Crippen LogP contribution in [-0.4, -0.2) is 7.11 Å². The second kappa shape index (κ2) is 5.27. The van der Waals surface area contributed by atoms with Crippen LogP contribution >= 0.6 is 0 Å². The van der Waals surface area contributed by atoms with Crippen LogP contribution in [0.5, 0.6) is 5.75 Å². The van der Waals surface area contributed by atoms with E-state index in [1.807, 2.05) is 6.07 Å². The molecule has 0 saturated heterocycles. The maximum atomic E-state index is 13.4. The number of nitrogens with one attached hydrogen (secondary N) is 1. The molecule has 0 bridgehead atoms. The molecule has 5 heteroatoms. The zero-order valence-corrected chi connectivity index (χ0v) is 10.3. The number of halogens is 1. The van der Waals surface area contributed by atoms with E-state index in [2.05, 4.69) is 5.32 Å². The topological polar surface area (TPSA) is 71.1 Å². The van der Waals surface area contributed by atoms with Crippen LogP contribution in [0.1, 0.15) is 5.56 Å². The van der Waals surface area contributed by atoms with Crippen LogP contribution in [0.2, 0.25) is 0 Å². The zero-order chi connectivity index (χ0) is 13.8. The molecule has 2 aromatic carbocycles. The Hall–Kier alpha value is -2.74. The van der Waals surface area contributed by atoms with Gasteiger partial charge in [-0.05, 0) is 24.3 Å². The lowest BCUT2D eigenvalue weighted by Gasteiger charge is -2.11. The molecule has 0 unspecified atom stereocenters. The van der Waals surface area contributed by atoms with Crippen LogP contribution in [0.15, 0.2) is 36.4 Å². The van der Waals surface area contributed by atoms with E-state index in [0.717, 1.165) is 5.69 Å². The summed E-state index contributed by atoms with van der Waals surface area (Å²) in [6, 6.07) is 11.6. The van der Waals surface area contributed by atoms with Crippen LogP contribution in [0.3, 0.4) is 0 Å². The smallest absolute Gasteiger partial charge is 0.167 e. The quantitative estimate of drug-likeness (QED) is 0.829. The first-order valence-corrected chi connectivity index (χ1v) is 5.54. The molecular formula is C14H12FN3O. The summed E-state index contributed by atoms with van der Waals surface area (Å²) < 4.78 is 18.3. The van der Waals surface area contributed by atoms with Gasteiger partial charge in [-0.2, -0.15) is 5.26 Å². The lowest BCUT2D eigenvalue weighted by Crippen LogP contribution is -1.99. The van der Waals surface area contributed by atoms with Gasteiger partial charge in [0.15, 0.2) is 11.6 Å². The van der Waals surface area contributed by atoms with Crippen LogP contribution in [-0.2, 0) is 0 Å². The highest BCUT2D eigenvalue weighted by Crippen LogP contribution is 2.30. The van der Waals surface area contributed by atoms with Crippen molar-refractivity contribution in [2.75, 3.05) is 18.2 Å². The Labute approximate surface area is 110 Å². The minimum Gasteiger partial charge on any atom is -0.494 e. The SMILES string of the molecule is COc1cc(Nc2ccc(C#N)cc2)c(N)cc1F. The van der Waals surface area contributed by atoms with E-state index in [4.69, 9.17) is 15.7 Å². The molecule has 0 aromatic heterocycles. The zero-order valence-electron chi connectivity index (χ0n) is 10.3. The van der Waals surface area contributed by atoms with Crippen LogP contribution in [0.25, 0.3) is 0 Å². The first-order chi connectivity index (χ1) is 9.13. The molecule has 3 N–H and O–H groups in total. The first-order valence-electron chi connectivity index (χ1n) is 5.54. The van der Waals surface area contributed by atoms with E-state index in [0.29, 0.717) is 11.3 Å². The Morgan fingerprint density at radius 2 is 1.95 bits per heavy atom. The Morgan fingerprint density at radius 3 is 2.53 bits per heavy atom. The number of nitrogens with zero attached hydrogens (tertiary/aromatic N) is 1. The van der Waals surface area contributed by atoms with E-state index in [1.165, 1.54) is 19.2 Å². The molecule has 0 spiro atoms. The third kappa shape index (κ3) is 2.75. The highest BCUT2D eigenvalue weighted by molar-refractivity contribution is 5.74. The van der Waals surface area contributed by atoms with Gasteiger partial charge >= 0.3 is 0 Å². The summed E-state index contributed by atoms with van der Waals surface area (Å²) in [5.41, 5.74) is 7.88. The number of ether oxygens (including phenoxy) is 1. The van der Waals surface area contributed by atoms with Gasteiger partial charge in [0.1, 0.15) is 0 Å². The molecule has 19 heavy (non-hydrogen) atoms. The highest BCUT2D eigenvalue weighted by atomic mass is 19.1. The number of rotatable bonds is 3. The molecule has 0 aliphatic carbocycles. The van der Waals surface area contributed by atoms with E-state index < -0.39 is 5.82 Å². The molecule has 0 aliphatic heterocycles. The Balaban J connectivity index is 2.29. The maximum Gasteiger partial charge on any atom is 0.167 e. The predicted octanol–water partition coefficient (Wildman–Crippen LogP) is 3.03. The number of hydrogen-bond donors (Lipinski definition) is 2. The number of nitrogen functional groups attached to an aromatic ring is 1. The number of anilines is 3. The van der Waals surface area contributed by atoms with Gasteiger partial charge in [0.2, 0.25) is 0 Å². The number of benzene rings is 2. The third-order valence-electron chi connectivity index (χ3n) is 2.62. The van der Waals surface area contributed by atoms with Crippen molar-refractivity contribution in [1.29, 1.82) is 5.26 Å². The lowest BCUT2D eigenvalue weighted by molar-refractivity contribution is 0.387. The average Bonchev–Trinajstić information content (AvgIpc) is 2.42. The molecule has 96 valence electrons. The Kier molecular flexibility index (Phi) is 3.53. The second-order valence-corrected chi connectivity index (χ2v) is 3.89. The van der Waals surface area contributed by atoms with E-state index in [1.54, 1.807) is 24.3 Å². The number of methoxy groups -OCH3 is 1. The van der Waals surface area contributed by atoms with Gasteiger partial charge < -0.3 is 15.8 Å². The first kappa shape index (κ1) is 12.7. The van der Waals surface area contributed by atoms with Crippen molar-refractivity contribution in [2.45, 2.75) is 0 Å². The standard InChI is InChI=1S/C14H12FN3O/c1-19-14-7-13(12(17)6-11(14)15)18-10-4-2-9(8-16)3-5-10/h2-7,18H,17H2,1H3.